The molecule has 0 aromatic rings. The zero-order valence-electron chi connectivity index (χ0n) is 26.6. The number of unbranched alkanes of at least 4 members (excludes halogenated alkanes) is 1. The summed E-state index contributed by atoms with van der Waals surface area (Å²) in [5, 5.41) is 0. The summed E-state index contributed by atoms with van der Waals surface area (Å²) in [6, 6.07) is 0. The van der Waals surface area contributed by atoms with Crippen LogP contribution < -0.4 is 0 Å². The third-order valence-corrected chi connectivity index (χ3v) is 3.58. The van der Waals surface area contributed by atoms with Gasteiger partial charge in [0.05, 0.1) is 7.11 Å². The van der Waals surface area contributed by atoms with Gasteiger partial charge in [0, 0.05) is 693 Å². The monoisotopic (exact) mass is 2170 g/mol. The molecule has 21 radical (unpaired) electrons. The molecule has 0 bridgehead atoms. The summed E-state index contributed by atoms with van der Waals surface area (Å²) < 4.78 is 4.72. The molecule has 0 fully saturated rings. The van der Waals surface area contributed by atoms with Crippen LogP contribution in [0.3, 0.4) is 0 Å². The molecule has 0 aromatic carbocycles. The first-order valence-electron chi connectivity index (χ1n) is 7.64. The third kappa shape index (κ3) is 111. The number of methoxy groups -OCH3 is 1. The molecule has 0 amide bonds. The molecule has 0 heterocycles. The first-order chi connectivity index (χ1) is 10.4. The SMILES string of the molecule is C[CH-][CH-]/C=C/C=C/C=C\C=C\[CH-]C(C)(C)C(C)CC(=O)OC.[Y].[Y].[Y].[Y].[Y].[Y].[Y].[Y].[Y].[Y].[Y].[Y].[Y].[Y].[Y].[Y].[Y].[Y].[Y].[Y].[Y]. The number of hydrogen-bond acceptors (Lipinski definition) is 2. The van der Waals surface area contributed by atoms with Gasteiger partial charge in [0.1, 0.15) is 0 Å². The van der Waals surface area contributed by atoms with E-state index in [0.717, 1.165) is 0 Å². The van der Waals surface area contributed by atoms with Crippen molar-refractivity contribution in [1.29, 1.82) is 0 Å². The van der Waals surface area contributed by atoms with E-state index in [1.165, 1.54) is 7.11 Å². The van der Waals surface area contributed by atoms with Crippen LogP contribution in [-0.4, -0.2) is 13.1 Å². The van der Waals surface area contributed by atoms with Gasteiger partial charge in [-0.1, -0.05) is 38.3 Å². The number of carbonyl (C=O) groups excluding carboxylic acids is 1. The first kappa shape index (κ1) is 144. The van der Waals surface area contributed by atoms with E-state index in [9.17, 15) is 4.79 Å². The van der Waals surface area contributed by atoms with Gasteiger partial charge in [-0.05, 0) is 5.92 Å². The minimum atomic E-state index is -0.158. The Morgan fingerprint density at radius 3 is 1.14 bits per heavy atom. The Hall–Kier alpha value is 21.4. The number of rotatable bonds is 10. The Morgan fingerprint density at radius 1 is 0.581 bits per heavy atom. The van der Waals surface area contributed by atoms with Gasteiger partial charge in [-0.25, -0.2) is 31.6 Å². The van der Waals surface area contributed by atoms with Crippen molar-refractivity contribution in [3.05, 3.63) is 67.9 Å². The average molecular weight is 2170 g/mol. The maximum Gasteiger partial charge on any atom is 0.305 e. The van der Waals surface area contributed by atoms with E-state index in [0.29, 0.717) is 6.42 Å². The largest absolute Gasteiger partial charge is 0.469 e. The van der Waals surface area contributed by atoms with Gasteiger partial charge in [-0.3, -0.25) is 10.9 Å². The molecule has 0 saturated heterocycles. The van der Waals surface area contributed by atoms with Gasteiger partial charge in [0.15, 0.2) is 0 Å². The van der Waals surface area contributed by atoms with Crippen molar-refractivity contribution in [2.75, 3.05) is 7.11 Å². The maximum absolute atomic E-state index is 11.3. The van der Waals surface area contributed by atoms with Crippen molar-refractivity contribution in [2.24, 2.45) is 11.3 Å². The molecule has 0 aliphatic carbocycles. The number of ether oxygens (including phenoxy) is 1. The van der Waals surface area contributed by atoms with Gasteiger partial charge in [0.25, 0.3) is 0 Å². The van der Waals surface area contributed by atoms with Gasteiger partial charge < -0.3 is 17.6 Å². The zero-order valence-corrected chi connectivity index (χ0v) is 86.2. The molecule has 0 aromatic heterocycles. The van der Waals surface area contributed by atoms with Crippen LogP contribution in [-0.2, 0) is 696 Å². The standard InChI is InChI=1S/C20H29O2.21Y/c1-6-7-8-9-10-11-12-13-14-15-16-20(3,4)18(2)17-19(21)22-5;;;;;;;;;;;;;;;;;;;;;/h6-16,18H,17H2,1-5H3;;;;;;;;;;;;;;;;;;;;;/q-3;;;;;;;;;;;;;;;;;;;;;/b9-8+,11-10+,13-12-,15-14+;;;;;;;;;;;;;;;;;;;;;. The van der Waals surface area contributed by atoms with E-state index in [1.807, 2.05) is 68.4 Å². The molecule has 0 rings (SSSR count). The summed E-state index contributed by atoms with van der Waals surface area (Å²) in [6.45, 7) is 8.31. The minimum Gasteiger partial charge on any atom is -0.469 e. The average Bonchev–Trinajstić information content (AvgIpc) is 2.48. The topological polar surface area (TPSA) is 26.3 Å². The smallest absolute Gasteiger partial charge is 0.305 e. The van der Waals surface area contributed by atoms with E-state index in [2.05, 4.69) is 27.2 Å². The molecule has 187 valence electrons. The normalized spacial score (nSPS) is 7.28. The Balaban J connectivity index is -0.0000000105. The Bertz CT molecular complexity index is 454. The second kappa shape index (κ2) is 115. The minimum absolute atomic E-state index is 0. The number of hydrogen-bond donors (Lipinski definition) is 0. The fourth-order valence-corrected chi connectivity index (χ4v) is 1.62. The van der Waals surface area contributed by atoms with Crippen LogP contribution in [0.1, 0.15) is 34.1 Å². The third-order valence-electron chi connectivity index (χ3n) is 3.58. The quantitative estimate of drug-likeness (QED) is 0.175. The van der Waals surface area contributed by atoms with E-state index in [4.69, 9.17) is 4.74 Å². The molecule has 1 atom stereocenters. The predicted octanol–water partition coefficient (Wildman–Crippen LogP) is 5.02. The van der Waals surface area contributed by atoms with Crippen molar-refractivity contribution in [2.45, 2.75) is 34.1 Å². The molecule has 0 aliphatic heterocycles. The molecule has 0 aliphatic rings. The molecular weight excluding hydrogens is 2140 g/mol. The molecular formula is C20H29O2Y21-3. The van der Waals surface area contributed by atoms with Gasteiger partial charge >= 0.3 is 5.97 Å². The second-order valence-electron chi connectivity index (χ2n) is 5.73. The van der Waals surface area contributed by atoms with Crippen LogP contribution in [0, 0.1) is 30.6 Å². The fourth-order valence-electron chi connectivity index (χ4n) is 1.62. The van der Waals surface area contributed by atoms with Crippen molar-refractivity contribution < 1.29 is 696 Å². The van der Waals surface area contributed by atoms with Crippen molar-refractivity contribution >= 4 is 5.97 Å². The van der Waals surface area contributed by atoms with Gasteiger partial charge in [-0.2, -0.15) is 0 Å². The summed E-state index contributed by atoms with van der Waals surface area (Å²) >= 11 is 0. The van der Waals surface area contributed by atoms with Crippen LogP contribution in [0.25, 0.3) is 0 Å². The fraction of sp³-hybridized carbons (Fsp3) is 0.400. The first-order valence-corrected chi connectivity index (χ1v) is 7.64. The molecule has 0 spiro atoms. The number of allylic oxidation sites excluding steroid dienone is 8. The van der Waals surface area contributed by atoms with E-state index in [1.54, 1.807) is 0 Å². The summed E-state index contributed by atoms with van der Waals surface area (Å²) in [6.07, 6.45) is 22.4. The molecule has 2 nitrogen and oxygen atoms in total. The van der Waals surface area contributed by atoms with Crippen LogP contribution in [0.4, 0.5) is 0 Å². The molecule has 1 unspecified atom stereocenters. The maximum atomic E-state index is 11.3. The van der Waals surface area contributed by atoms with Crippen molar-refractivity contribution in [3.8, 4) is 0 Å². The number of esters is 1. The Kier molecular flexibility index (Phi) is 384. The zero-order chi connectivity index (χ0) is 16.8. The van der Waals surface area contributed by atoms with E-state index >= 15 is 0 Å². The van der Waals surface area contributed by atoms with E-state index < -0.39 is 0 Å². The van der Waals surface area contributed by atoms with Crippen LogP contribution in [0.5, 0.6) is 0 Å². The van der Waals surface area contributed by atoms with Gasteiger partial charge in [0.2, 0.25) is 0 Å². The molecule has 23 heteroatoms. The summed E-state index contributed by atoms with van der Waals surface area (Å²) in [4.78, 5) is 11.3. The van der Waals surface area contributed by atoms with Crippen molar-refractivity contribution in [3.63, 3.8) is 0 Å². The Morgan fingerprint density at radius 2 is 0.860 bits per heavy atom. The van der Waals surface area contributed by atoms with Crippen LogP contribution in [0.15, 0.2) is 48.6 Å². The summed E-state index contributed by atoms with van der Waals surface area (Å²) in [5.74, 6) is 0.0687. The predicted molar refractivity (Wildman–Crippen MR) is 94.7 cm³/mol. The number of carbonyl (C=O) groups is 1. The van der Waals surface area contributed by atoms with Crippen LogP contribution in [0.2, 0.25) is 0 Å². The van der Waals surface area contributed by atoms with Crippen molar-refractivity contribution in [1.82, 2.24) is 0 Å². The molecule has 0 N–H and O–H groups in total. The van der Waals surface area contributed by atoms with Crippen LogP contribution >= 0.6 is 0 Å². The van der Waals surface area contributed by atoms with E-state index in [-0.39, 0.29) is 704 Å². The second-order valence-corrected chi connectivity index (χ2v) is 5.73. The molecule has 43 heavy (non-hydrogen) atoms. The molecule has 0 saturated carbocycles. The Labute approximate surface area is 795 Å². The van der Waals surface area contributed by atoms with Gasteiger partial charge in [-0.15, -0.1) is 12.2 Å². The summed E-state index contributed by atoms with van der Waals surface area (Å²) in [7, 11) is 1.43. The summed E-state index contributed by atoms with van der Waals surface area (Å²) in [5.41, 5.74) is -0.0520.